The summed E-state index contributed by atoms with van der Waals surface area (Å²) in [5.41, 5.74) is 7.69. The molecule has 0 aliphatic carbocycles. The van der Waals surface area contributed by atoms with Gasteiger partial charge in [0.2, 0.25) is 0 Å². The molecule has 3 N–H and O–H groups in total. The van der Waals surface area contributed by atoms with Crippen molar-refractivity contribution in [3.8, 4) is 0 Å². The Morgan fingerprint density at radius 1 is 1.47 bits per heavy atom. The number of aryl methyl sites for hydroxylation is 1. The third kappa shape index (κ3) is 2.94. The van der Waals surface area contributed by atoms with Crippen LogP contribution in [0, 0.1) is 6.92 Å². The molecule has 0 atom stereocenters. The van der Waals surface area contributed by atoms with Crippen LogP contribution in [-0.2, 0) is 13.0 Å². The van der Waals surface area contributed by atoms with Gasteiger partial charge < -0.3 is 10.8 Å². The van der Waals surface area contributed by atoms with E-state index in [1.54, 1.807) is 0 Å². The molecule has 0 unspecified atom stereocenters. The van der Waals surface area contributed by atoms with Crippen LogP contribution in [0.25, 0.3) is 0 Å². The minimum Gasteiger partial charge on any atom is -0.476 e. The molecule has 7 heteroatoms. The molecular formula is C12H15N5O2. The van der Waals surface area contributed by atoms with Crippen molar-refractivity contribution in [2.75, 3.05) is 6.54 Å². The summed E-state index contributed by atoms with van der Waals surface area (Å²) in [7, 11) is 0. The molecule has 0 amide bonds. The molecular weight excluding hydrogens is 246 g/mol. The number of carbonyl (C=O) groups is 1. The van der Waals surface area contributed by atoms with Gasteiger partial charge in [0.15, 0.2) is 5.69 Å². The zero-order chi connectivity index (χ0) is 13.8. The number of nitrogens with two attached hydrogens (primary N) is 1. The zero-order valence-corrected chi connectivity index (χ0v) is 10.6. The van der Waals surface area contributed by atoms with Crippen molar-refractivity contribution in [3.63, 3.8) is 0 Å². The Kier molecular flexibility index (Phi) is 3.86. The topological polar surface area (TPSA) is 107 Å². The molecule has 2 rings (SSSR count). The van der Waals surface area contributed by atoms with Gasteiger partial charge >= 0.3 is 5.97 Å². The van der Waals surface area contributed by atoms with Crippen molar-refractivity contribution in [2.45, 2.75) is 19.9 Å². The maximum atomic E-state index is 11.0. The van der Waals surface area contributed by atoms with Gasteiger partial charge in [-0.15, -0.1) is 5.10 Å². The van der Waals surface area contributed by atoms with Gasteiger partial charge in [-0.25, -0.2) is 9.48 Å². The Labute approximate surface area is 110 Å². The largest absolute Gasteiger partial charge is 0.476 e. The van der Waals surface area contributed by atoms with Gasteiger partial charge in [-0.3, -0.25) is 4.98 Å². The van der Waals surface area contributed by atoms with Crippen molar-refractivity contribution in [1.29, 1.82) is 0 Å². The lowest BCUT2D eigenvalue weighted by Crippen LogP contribution is -2.14. The highest BCUT2D eigenvalue weighted by Crippen LogP contribution is 2.09. The summed E-state index contributed by atoms with van der Waals surface area (Å²) >= 11 is 0. The first-order valence-electron chi connectivity index (χ1n) is 5.90. The minimum atomic E-state index is -1.09. The van der Waals surface area contributed by atoms with Gasteiger partial charge in [0.05, 0.1) is 17.9 Å². The fraction of sp³-hybridized carbons (Fsp3) is 0.333. The van der Waals surface area contributed by atoms with E-state index in [1.807, 2.05) is 25.1 Å². The van der Waals surface area contributed by atoms with E-state index < -0.39 is 5.97 Å². The maximum absolute atomic E-state index is 11.0. The first-order valence-corrected chi connectivity index (χ1v) is 5.90. The third-order valence-electron chi connectivity index (χ3n) is 2.68. The van der Waals surface area contributed by atoms with Crippen molar-refractivity contribution in [1.82, 2.24) is 20.0 Å². The highest BCUT2D eigenvalue weighted by atomic mass is 16.4. The Hall–Kier alpha value is -2.28. The number of aromatic carboxylic acids is 1. The normalized spacial score (nSPS) is 10.6. The van der Waals surface area contributed by atoms with Crippen LogP contribution in [0.15, 0.2) is 18.2 Å². The molecule has 2 aromatic heterocycles. The van der Waals surface area contributed by atoms with Crippen LogP contribution in [0.5, 0.6) is 0 Å². The van der Waals surface area contributed by atoms with Gasteiger partial charge in [-0.2, -0.15) is 0 Å². The number of hydrogen-bond acceptors (Lipinski definition) is 5. The predicted octanol–water partition coefficient (Wildman–Crippen LogP) is 0.229. The number of rotatable bonds is 5. The monoisotopic (exact) mass is 261 g/mol. The van der Waals surface area contributed by atoms with Gasteiger partial charge in [0.25, 0.3) is 0 Å². The molecule has 0 bridgehead atoms. The summed E-state index contributed by atoms with van der Waals surface area (Å²) in [6.45, 7) is 2.63. The smallest absolute Gasteiger partial charge is 0.358 e. The fourth-order valence-electron chi connectivity index (χ4n) is 1.85. The van der Waals surface area contributed by atoms with Crippen molar-refractivity contribution in [3.05, 3.63) is 41.0 Å². The Bertz CT molecular complexity index is 594. The lowest BCUT2D eigenvalue weighted by Gasteiger charge is -2.06. The molecule has 0 spiro atoms. The average Bonchev–Trinajstić information content (AvgIpc) is 2.73. The van der Waals surface area contributed by atoms with Crippen LogP contribution >= 0.6 is 0 Å². The molecule has 0 radical (unpaired) electrons. The molecule has 19 heavy (non-hydrogen) atoms. The SMILES string of the molecule is Cc1cccc(Cn2nnc(C(=O)O)c2CCN)n1. The zero-order valence-electron chi connectivity index (χ0n) is 10.6. The molecule has 0 saturated carbocycles. The highest BCUT2D eigenvalue weighted by Gasteiger charge is 2.18. The second-order valence-electron chi connectivity index (χ2n) is 4.16. The summed E-state index contributed by atoms with van der Waals surface area (Å²) in [5.74, 6) is -1.09. The molecule has 0 aliphatic rings. The summed E-state index contributed by atoms with van der Waals surface area (Å²) in [5, 5.41) is 16.6. The fourth-order valence-corrected chi connectivity index (χ4v) is 1.85. The van der Waals surface area contributed by atoms with E-state index in [0.29, 0.717) is 25.2 Å². The first kappa shape index (κ1) is 13.2. The van der Waals surface area contributed by atoms with Gasteiger partial charge in [0.1, 0.15) is 0 Å². The molecule has 100 valence electrons. The van der Waals surface area contributed by atoms with E-state index in [-0.39, 0.29) is 5.69 Å². The Morgan fingerprint density at radius 2 is 2.26 bits per heavy atom. The summed E-state index contributed by atoms with van der Waals surface area (Å²) < 4.78 is 1.54. The van der Waals surface area contributed by atoms with Crippen molar-refractivity contribution in [2.24, 2.45) is 5.73 Å². The van der Waals surface area contributed by atoms with E-state index in [9.17, 15) is 4.79 Å². The standard InChI is InChI=1S/C12H15N5O2/c1-8-3-2-4-9(14-8)7-17-10(5-6-13)11(12(18)19)15-16-17/h2-4H,5-7,13H2,1H3,(H,18,19). The minimum absolute atomic E-state index is 0.0434. The maximum Gasteiger partial charge on any atom is 0.358 e. The molecule has 0 saturated heterocycles. The molecule has 0 fully saturated rings. The van der Waals surface area contributed by atoms with E-state index >= 15 is 0 Å². The molecule has 2 heterocycles. The van der Waals surface area contributed by atoms with E-state index in [2.05, 4.69) is 15.3 Å². The van der Waals surface area contributed by atoms with Crippen LogP contribution in [0.1, 0.15) is 27.6 Å². The van der Waals surface area contributed by atoms with Gasteiger partial charge in [0, 0.05) is 12.1 Å². The quantitative estimate of drug-likeness (QED) is 0.797. The average molecular weight is 261 g/mol. The summed E-state index contributed by atoms with van der Waals surface area (Å²) in [4.78, 5) is 15.4. The second-order valence-corrected chi connectivity index (χ2v) is 4.16. The Balaban J connectivity index is 2.32. The van der Waals surface area contributed by atoms with Crippen LogP contribution in [0.4, 0.5) is 0 Å². The number of pyridine rings is 1. The third-order valence-corrected chi connectivity index (χ3v) is 2.68. The lowest BCUT2D eigenvalue weighted by molar-refractivity contribution is 0.0689. The first-order chi connectivity index (χ1) is 9.11. The van der Waals surface area contributed by atoms with Crippen molar-refractivity contribution >= 4 is 5.97 Å². The number of carboxylic acid groups (broad SMARTS) is 1. The van der Waals surface area contributed by atoms with E-state index in [1.165, 1.54) is 4.68 Å². The van der Waals surface area contributed by atoms with Crippen LogP contribution in [0.2, 0.25) is 0 Å². The summed E-state index contributed by atoms with van der Waals surface area (Å²) in [6, 6.07) is 5.66. The van der Waals surface area contributed by atoms with Crippen molar-refractivity contribution < 1.29 is 9.90 Å². The van der Waals surface area contributed by atoms with Crippen LogP contribution in [-0.4, -0.2) is 37.6 Å². The number of aromatic nitrogens is 4. The number of hydrogen-bond donors (Lipinski definition) is 2. The van der Waals surface area contributed by atoms with Gasteiger partial charge in [-0.1, -0.05) is 11.3 Å². The summed E-state index contributed by atoms with van der Waals surface area (Å²) in [6.07, 6.45) is 0.417. The molecule has 2 aromatic rings. The van der Waals surface area contributed by atoms with Crippen LogP contribution in [0.3, 0.4) is 0 Å². The molecule has 0 aromatic carbocycles. The van der Waals surface area contributed by atoms with E-state index in [0.717, 1.165) is 11.4 Å². The number of carboxylic acids is 1. The highest BCUT2D eigenvalue weighted by molar-refractivity contribution is 5.86. The molecule has 0 aliphatic heterocycles. The molecule has 7 nitrogen and oxygen atoms in total. The van der Waals surface area contributed by atoms with E-state index in [4.69, 9.17) is 10.8 Å². The predicted molar refractivity (Wildman–Crippen MR) is 67.8 cm³/mol. The van der Waals surface area contributed by atoms with Crippen LogP contribution < -0.4 is 5.73 Å². The van der Waals surface area contributed by atoms with Gasteiger partial charge in [-0.05, 0) is 25.6 Å². The lowest BCUT2D eigenvalue weighted by atomic mass is 10.2. The number of nitrogens with zero attached hydrogens (tertiary/aromatic N) is 4. The second kappa shape index (κ2) is 5.57. The Morgan fingerprint density at radius 3 is 2.89 bits per heavy atom.